The first-order valence-electron chi connectivity index (χ1n) is 7.06. The summed E-state index contributed by atoms with van der Waals surface area (Å²) < 4.78 is 4.78. The highest BCUT2D eigenvalue weighted by molar-refractivity contribution is 5.83. The lowest BCUT2D eigenvalue weighted by atomic mass is 10.2. The number of rotatable bonds is 8. The Morgan fingerprint density at radius 1 is 1.09 bits per heavy atom. The number of ether oxygens (including phenoxy) is 1. The molecule has 1 aromatic carbocycles. The fourth-order valence-electron chi connectivity index (χ4n) is 1.66. The van der Waals surface area contributed by atoms with Gasteiger partial charge < -0.3 is 19.7 Å². The van der Waals surface area contributed by atoms with Gasteiger partial charge in [0, 0.05) is 32.7 Å². The summed E-state index contributed by atoms with van der Waals surface area (Å²) in [7, 11) is 3.91. The number of hydrogen-bond donors (Lipinski definition) is 1. The maximum atomic E-state index is 11.6. The van der Waals surface area contributed by atoms with Gasteiger partial charge in [-0.15, -0.1) is 0 Å². The van der Waals surface area contributed by atoms with Crippen molar-refractivity contribution in [3.05, 3.63) is 29.8 Å². The molecule has 1 aromatic rings. The van der Waals surface area contributed by atoms with E-state index in [1.165, 1.54) is 6.92 Å². The summed E-state index contributed by atoms with van der Waals surface area (Å²) in [5.41, 5.74) is 2.04. The number of anilines is 1. The number of benzene rings is 1. The topological polar surface area (TPSA) is 75.7 Å². The number of nitrogens with zero attached hydrogens (tertiary/aromatic N) is 1. The third-order valence-corrected chi connectivity index (χ3v) is 2.99. The molecule has 0 saturated heterocycles. The Hall–Kier alpha value is -2.37. The molecule has 0 saturated carbocycles. The van der Waals surface area contributed by atoms with Gasteiger partial charge in [0.05, 0.1) is 6.42 Å². The van der Waals surface area contributed by atoms with Crippen LogP contribution in [-0.4, -0.2) is 38.4 Å². The predicted molar refractivity (Wildman–Crippen MR) is 83.5 cm³/mol. The number of hydrogen-bond acceptors (Lipinski definition) is 5. The normalized spacial score (nSPS) is 9.95. The Bertz CT molecular complexity index is 523. The van der Waals surface area contributed by atoms with Gasteiger partial charge in [-0.25, -0.2) is 0 Å². The Kier molecular flexibility index (Phi) is 7.08. The lowest BCUT2D eigenvalue weighted by molar-refractivity contribution is -0.149. The van der Waals surface area contributed by atoms with Crippen molar-refractivity contribution in [3.8, 4) is 0 Å². The van der Waals surface area contributed by atoms with Crippen molar-refractivity contribution in [1.29, 1.82) is 0 Å². The lowest BCUT2D eigenvalue weighted by Crippen LogP contribution is -2.28. The molecule has 0 fully saturated rings. The minimum Gasteiger partial charge on any atom is -0.456 e. The molecule has 0 radical (unpaired) electrons. The van der Waals surface area contributed by atoms with Gasteiger partial charge in [-0.3, -0.25) is 9.59 Å². The van der Waals surface area contributed by atoms with Gasteiger partial charge in [-0.2, -0.15) is 0 Å². The van der Waals surface area contributed by atoms with Crippen LogP contribution in [0.4, 0.5) is 5.69 Å². The molecule has 0 aliphatic rings. The molecule has 1 N–H and O–H groups in total. The van der Waals surface area contributed by atoms with Crippen LogP contribution in [0.15, 0.2) is 24.3 Å². The molecule has 0 unspecified atom stereocenters. The summed E-state index contributed by atoms with van der Waals surface area (Å²) in [5, 5.41) is 2.67. The molecule has 0 aliphatic carbocycles. The first-order valence-corrected chi connectivity index (χ1v) is 7.06. The molecule has 120 valence electrons. The van der Waals surface area contributed by atoms with Gasteiger partial charge in [0.25, 0.3) is 5.91 Å². The second-order valence-electron chi connectivity index (χ2n) is 5.20. The van der Waals surface area contributed by atoms with E-state index in [4.69, 9.17) is 4.74 Å². The number of amides is 1. The minimum atomic E-state index is -0.541. The molecule has 6 heteroatoms. The van der Waals surface area contributed by atoms with Gasteiger partial charge in [-0.05, 0) is 24.6 Å². The predicted octanol–water partition coefficient (Wildman–Crippen LogP) is 1.28. The second-order valence-corrected chi connectivity index (χ2v) is 5.20. The van der Waals surface area contributed by atoms with Crippen LogP contribution in [0.25, 0.3) is 0 Å². The number of Topliss-reactive ketones (excluding diaryl/α,β-unsaturated/α-hetero) is 1. The van der Waals surface area contributed by atoms with Gasteiger partial charge in [0.1, 0.15) is 5.78 Å². The van der Waals surface area contributed by atoms with Crippen LogP contribution >= 0.6 is 0 Å². The Morgan fingerprint density at radius 2 is 1.73 bits per heavy atom. The van der Waals surface area contributed by atoms with Crippen LogP contribution < -0.4 is 10.2 Å². The van der Waals surface area contributed by atoms with E-state index in [0.29, 0.717) is 6.54 Å². The smallest absolute Gasteiger partial charge is 0.306 e. The highest BCUT2D eigenvalue weighted by Crippen LogP contribution is 2.11. The van der Waals surface area contributed by atoms with Crippen molar-refractivity contribution < 1.29 is 19.1 Å². The van der Waals surface area contributed by atoms with Crippen LogP contribution in [0.5, 0.6) is 0 Å². The molecule has 1 amide bonds. The van der Waals surface area contributed by atoms with E-state index in [-0.39, 0.29) is 31.1 Å². The molecular formula is C16H22N2O4. The largest absolute Gasteiger partial charge is 0.456 e. The van der Waals surface area contributed by atoms with E-state index >= 15 is 0 Å². The quantitative estimate of drug-likeness (QED) is 0.732. The van der Waals surface area contributed by atoms with Crippen molar-refractivity contribution in [3.63, 3.8) is 0 Å². The molecule has 1 rings (SSSR count). The number of esters is 1. The summed E-state index contributed by atoms with van der Waals surface area (Å²) in [5.74, 6) is -0.990. The van der Waals surface area contributed by atoms with Gasteiger partial charge in [0.2, 0.25) is 0 Å². The monoisotopic (exact) mass is 306 g/mol. The zero-order valence-corrected chi connectivity index (χ0v) is 13.2. The van der Waals surface area contributed by atoms with Crippen molar-refractivity contribution in [2.75, 3.05) is 25.6 Å². The highest BCUT2D eigenvalue weighted by Gasteiger charge is 2.08. The number of nitrogens with one attached hydrogen (secondary N) is 1. The van der Waals surface area contributed by atoms with Crippen LogP contribution in [-0.2, 0) is 25.7 Å². The Labute approximate surface area is 130 Å². The van der Waals surface area contributed by atoms with E-state index in [1.54, 1.807) is 0 Å². The van der Waals surface area contributed by atoms with Crippen LogP contribution in [0.3, 0.4) is 0 Å². The van der Waals surface area contributed by atoms with Gasteiger partial charge in [0.15, 0.2) is 6.61 Å². The van der Waals surface area contributed by atoms with E-state index in [0.717, 1.165) is 11.3 Å². The van der Waals surface area contributed by atoms with E-state index in [1.807, 2.05) is 43.3 Å². The first kappa shape index (κ1) is 17.7. The average Bonchev–Trinajstić information content (AvgIpc) is 2.49. The van der Waals surface area contributed by atoms with Gasteiger partial charge in [-0.1, -0.05) is 12.1 Å². The van der Waals surface area contributed by atoms with Crippen molar-refractivity contribution in [2.45, 2.75) is 26.3 Å². The molecule has 0 aliphatic heterocycles. The van der Waals surface area contributed by atoms with Crippen molar-refractivity contribution >= 4 is 23.3 Å². The third kappa shape index (κ3) is 6.88. The number of ketones is 1. The molecule has 0 heterocycles. The molecule has 0 atom stereocenters. The van der Waals surface area contributed by atoms with E-state index in [2.05, 4.69) is 5.32 Å². The fourth-order valence-corrected chi connectivity index (χ4v) is 1.66. The lowest BCUT2D eigenvalue weighted by Gasteiger charge is -2.13. The standard InChI is InChI=1S/C16H22N2O4/c1-12(19)4-9-16(21)22-11-15(20)17-10-13-5-7-14(8-6-13)18(2)3/h5-8H,4,9-11H2,1-3H3,(H,17,20). The molecule has 0 spiro atoms. The molecule has 0 aromatic heterocycles. The summed E-state index contributed by atoms with van der Waals surface area (Å²) in [4.78, 5) is 35.5. The van der Waals surface area contributed by atoms with E-state index in [9.17, 15) is 14.4 Å². The summed E-state index contributed by atoms with van der Waals surface area (Å²) in [6, 6.07) is 7.77. The molecule has 6 nitrogen and oxygen atoms in total. The summed E-state index contributed by atoms with van der Waals surface area (Å²) >= 11 is 0. The SMILES string of the molecule is CC(=O)CCC(=O)OCC(=O)NCc1ccc(N(C)C)cc1. The third-order valence-electron chi connectivity index (χ3n) is 2.99. The number of carbonyl (C=O) groups is 3. The zero-order chi connectivity index (χ0) is 16.5. The fraction of sp³-hybridized carbons (Fsp3) is 0.438. The molecular weight excluding hydrogens is 284 g/mol. The summed E-state index contributed by atoms with van der Waals surface area (Å²) in [6.45, 7) is 1.45. The number of carbonyl (C=O) groups excluding carboxylic acids is 3. The summed E-state index contributed by atoms with van der Waals surface area (Å²) in [6.07, 6.45) is 0.146. The molecule has 0 bridgehead atoms. The van der Waals surface area contributed by atoms with Crippen LogP contribution in [0, 0.1) is 0 Å². The zero-order valence-electron chi connectivity index (χ0n) is 13.2. The maximum Gasteiger partial charge on any atom is 0.306 e. The van der Waals surface area contributed by atoms with E-state index < -0.39 is 5.97 Å². The van der Waals surface area contributed by atoms with Gasteiger partial charge >= 0.3 is 5.97 Å². The highest BCUT2D eigenvalue weighted by atomic mass is 16.5. The average molecular weight is 306 g/mol. The second kappa shape index (κ2) is 8.81. The Morgan fingerprint density at radius 3 is 2.27 bits per heavy atom. The minimum absolute atomic E-state index is 0.00854. The molecule has 22 heavy (non-hydrogen) atoms. The van der Waals surface area contributed by atoms with Crippen LogP contribution in [0.1, 0.15) is 25.3 Å². The first-order chi connectivity index (χ1) is 10.4. The Balaban J connectivity index is 2.28. The van der Waals surface area contributed by atoms with Crippen LogP contribution in [0.2, 0.25) is 0 Å². The van der Waals surface area contributed by atoms with Crippen molar-refractivity contribution in [2.24, 2.45) is 0 Å². The van der Waals surface area contributed by atoms with Crippen molar-refractivity contribution in [1.82, 2.24) is 5.32 Å². The maximum absolute atomic E-state index is 11.6.